The average Bonchev–Trinajstić information content (AvgIpc) is 2.75. The minimum absolute atomic E-state index is 0.0743. The zero-order valence-corrected chi connectivity index (χ0v) is 19.0. The van der Waals surface area contributed by atoms with Crippen LogP contribution < -0.4 is 15.4 Å². The fraction of sp³-hybridized carbons (Fsp3) is 0.348. The molecule has 0 unspecified atom stereocenters. The molecule has 2 rings (SSSR count). The quantitative estimate of drug-likeness (QED) is 0.434. The molecule has 2 aromatic carbocycles. The Kier molecular flexibility index (Phi) is 9.93. The summed E-state index contributed by atoms with van der Waals surface area (Å²) in [7, 11) is 3.48. The highest BCUT2D eigenvalue weighted by Crippen LogP contribution is 2.15. The molecule has 2 amide bonds. The standard InChI is InChI=1S/C23H29N3O4S/c1-4-29-13-14-30-20-10-6-8-18(16-20)22(28)25-23(31)24-19-9-5-7-17(15-19)11-12-21(27)26(2)3/h5-10,15-16H,4,11-14H2,1-3H3,(H2,24,25,28,31). The van der Waals surface area contributed by atoms with Crippen LogP contribution in [0.25, 0.3) is 0 Å². The zero-order chi connectivity index (χ0) is 22.6. The molecule has 2 N–H and O–H groups in total. The summed E-state index contributed by atoms with van der Waals surface area (Å²) >= 11 is 5.28. The molecule has 0 aliphatic carbocycles. The largest absolute Gasteiger partial charge is 0.491 e. The van der Waals surface area contributed by atoms with E-state index in [1.807, 2.05) is 31.2 Å². The number of amides is 2. The van der Waals surface area contributed by atoms with Crippen LogP contribution >= 0.6 is 12.2 Å². The molecule has 0 aromatic heterocycles. The van der Waals surface area contributed by atoms with Gasteiger partial charge in [-0.3, -0.25) is 14.9 Å². The lowest BCUT2D eigenvalue weighted by atomic mass is 10.1. The number of hydrogen-bond donors (Lipinski definition) is 2. The third kappa shape index (κ3) is 8.74. The molecule has 0 saturated heterocycles. The summed E-state index contributed by atoms with van der Waals surface area (Å²) < 4.78 is 10.8. The average molecular weight is 444 g/mol. The number of hydrogen-bond acceptors (Lipinski definition) is 5. The molecule has 0 fully saturated rings. The lowest BCUT2D eigenvalue weighted by Crippen LogP contribution is -2.34. The Labute approximate surface area is 188 Å². The Bertz CT molecular complexity index is 902. The van der Waals surface area contributed by atoms with Crippen molar-refractivity contribution in [2.24, 2.45) is 0 Å². The summed E-state index contributed by atoms with van der Waals surface area (Å²) in [6.45, 7) is 3.45. The summed E-state index contributed by atoms with van der Waals surface area (Å²) in [4.78, 5) is 25.9. The molecular weight excluding hydrogens is 414 g/mol. The Hall–Kier alpha value is -2.97. The van der Waals surface area contributed by atoms with E-state index >= 15 is 0 Å². The number of nitrogens with zero attached hydrogens (tertiary/aromatic N) is 1. The van der Waals surface area contributed by atoms with Crippen molar-refractivity contribution in [3.63, 3.8) is 0 Å². The number of aryl methyl sites for hydroxylation is 1. The van der Waals surface area contributed by atoms with Gasteiger partial charge in [0, 0.05) is 38.4 Å². The highest BCUT2D eigenvalue weighted by Gasteiger charge is 2.10. The zero-order valence-electron chi connectivity index (χ0n) is 18.1. The van der Waals surface area contributed by atoms with Crippen LogP contribution in [0.4, 0.5) is 5.69 Å². The van der Waals surface area contributed by atoms with Crippen molar-refractivity contribution in [2.45, 2.75) is 19.8 Å². The second-order valence-electron chi connectivity index (χ2n) is 6.97. The van der Waals surface area contributed by atoms with Gasteiger partial charge in [-0.2, -0.15) is 0 Å². The van der Waals surface area contributed by atoms with Crippen molar-refractivity contribution in [2.75, 3.05) is 39.2 Å². The number of rotatable bonds is 10. The van der Waals surface area contributed by atoms with E-state index in [4.69, 9.17) is 21.7 Å². The fourth-order valence-electron chi connectivity index (χ4n) is 2.71. The third-order valence-electron chi connectivity index (χ3n) is 4.34. The van der Waals surface area contributed by atoms with Crippen LogP contribution in [0.1, 0.15) is 29.3 Å². The van der Waals surface area contributed by atoms with Crippen LogP contribution in [0.15, 0.2) is 48.5 Å². The summed E-state index contributed by atoms with van der Waals surface area (Å²) in [5.74, 6) is 0.331. The summed E-state index contributed by atoms with van der Waals surface area (Å²) in [5, 5.41) is 5.88. The van der Waals surface area contributed by atoms with Crippen molar-refractivity contribution in [3.8, 4) is 5.75 Å². The van der Waals surface area contributed by atoms with Gasteiger partial charge in [-0.1, -0.05) is 18.2 Å². The second-order valence-corrected chi connectivity index (χ2v) is 7.38. The van der Waals surface area contributed by atoms with Crippen LogP contribution in [0, 0.1) is 0 Å². The van der Waals surface area contributed by atoms with Crippen LogP contribution in [0.2, 0.25) is 0 Å². The molecule has 0 atom stereocenters. The minimum atomic E-state index is -0.333. The molecule has 2 aromatic rings. The lowest BCUT2D eigenvalue weighted by Gasteiger charge is -2.12. The van der Waals surface area contributed by atoms with Crippen molar-refractivity contribution < 1.29 is 19.1 Å². The lowest BCUT2D eigenvalue weighted by molar-refractivity contribution is -0.128. The maximum absolute atomic E-state index is 12.5. The maximum Gasteiger partial charge on any atom is 0.257 e. The highest BCUT2D eigenvalue weighted by molar-refractivity contribution is 7.80. The maximum atomic E-state index is 12.5. The molecule has 0 radical (unpaired) electrons. The Morgan fingerprint density at radius 3 is 2.58 bits per heavy atom. The van der Waals surface area contributed by atoms with Gasteiger partial charge in [-0.25, -0.2) is 0 Å². The number of benzene rings is 2. The van der Waals surface area contributed by atoms with E-state index in [0.717, 1.165) is 11.3 Å². The van der Waals surface area contributed by atoms with Crippen molar-refractivity contribution >= 4 is 34.8 Å². The van der Waals surface area contributed by atoms with Gasteiger partial charge in [0.15, 0.2) is 5.11 Å². The van der Waals surface area contributed by atoms with Crippen LogP contribution in [0.3, 0.4) is 0 Å². The number of carbonyl (C=O) groups excluding carboxylic acids is 2. The first kappa shape index (κ1) is 24.3. The highest BCUT2D eigenvalue weighted by atomic mass is 32.1. The molecule has 8 heteroatoms. The van der Waals surface area contributed by atoms with E-state index in [2.05, 4.69) is 10.6 Å². The van der Waals surface area contributed by atoms with E-state index in [0.29, 0.717) is 44.0 Å². The summed E-state index contributed by atoms with van der Waals surface area (Å²) in [5.41, 5.74) is 2.19. The van der Waals surface area contributed by atoms with Gasteiger partial charge < -0.3 is 19.7 Å². The number of thiocarbonyl (C=S) groups is 1. The van der Waals surface area contributed by atoms with Crippen LogP contribution in [-0.4, -0.2) is 55.7 Å². The Balaban J connectivity index is 1.89. The molecule has 7 nitrogen and oxygen atoms in total. The first-order valence-electron chi connectivity index (χ1n) is 10.1. The molecular formula is C23H29N3O4S. The molecule has 0 heterocycles. The van der Waals surface area contributed by atoms with Crippen molar-refractivity contribution in [3.05, 3.63) is 59.7 Å². The van der Waals surface area contributed by atoms with E-state index in [-0.39, 0.29) is 16.9 Å². The monoisotopic (exact) mass is 443 g/mol. The van der Waals surface area contributed by atoms with Crippen LogP contribution in [-0.2, 0) is 16.0 Å². The second kappa shape index (κ2) is 12.7. The molecule has 0 spiro atoms. The number of carbonyl (C=O) groups is 2. The Morgan fingerprint density at radius 1 is 1.06 bits per heavy atom. The molecule has 31 heavy (non-hydrogen) atoms. The number of nitrogens with one attached hydrogen (secondary N) is 2. The number of ether oxygens (including phenoxy) is 2. The van der Waals surface area contributed by atoms with Gasteiger partial charge in [-0.15, -0.1) is 0 Å². The first-order chi connectivity index (χ1) is 14.9. The van der Waals surface area contributed by atoms with E-state index in [9.17, 15) is 9.59 Å². The van der Waals surface area contributed by atoms with Gasteiger partial charge in [0.25, 0.3) is 5.91 Å². The summed E-state index contributed by atoms with van der Waals surface area (Å²) in [6.07, 6.45) is 1.06. The SMILES string of the molecule is CCOCCOc1cccc(C(=O)NC(=S)Nc2cccc(CCC(=O)N(C)C)c2)c1. The molecule has 166 valence electrons. The van der Waals surface area contributed by atoms with Gasteiger partial charge in [0.1, 0.15) is 12.4 Å². The topological polar surface area (TPSA) is 79.9 Å². The van der Waals surface area contributed by atoms with Gasteiger partial charge >= 0.3 is 0 Å². The summed E-state index contributed by atoms with van der Waals surface area (Å²) in [6, 6.07) is 14.5. The van der Waals surface area contributed by atoms with E-state index < -0.39 is 0 Å². The molecule has 0 aliphatic rings. The predicted octanol–water partition coefficient (Wildman–Crippen LogP) is 3.25. The van der Waals surface area contributed by atoms with E-state index in [1.54, 1.807) is 43.3 Å². The van der Waals surface area contributed by atoms with Gasteiger partial charge in [0.2, 0.25) is 5.91 Å². The van der Waals surface area contributed by atoms with Gasteiger partial charge in [0.05, 0.1) is 6.61 Å². The normalized spacial score (nSPS) is 10.3. The van der Waals surface area contributed by atoms with Crippen molar-refractivity contribution in [1.29, 1.82) is 0 Å². The molecule has 0 saturated carbocycles. The predicted molar refractivity (Wildman–Crippen MR) is 126 cm³/mol. The van der Waals surface area contributed by atoms with Gasteiger partial charge in [-0.05, 0) is 61.5 Å². The fourth-order valence-corrected chi connectivity index (χ4v) is 2.92. The third-order valence-corrected chi connectivity index (χ3v) is 4.54. The minimum Gasteiger partial charge on any atom is -0.491 e. The molecule has 0 bridgehead atoms. The Morgan fingerprint density at radius 2 is 1.84 bits per heavy atom. The van der Waals surface area contributed by atoms with Crippen molar-refractivity contribution in [1.82, 2.24) is 10.2 Å². The first-order valence-corrected chi connectivity index (χ1v) is 10.5. The van der Waals surface area contributed by atoms with Crippen LogP contribution in [0.5, 0.6) is 5.75 Å². The molecule has 0 aliphatic heterocycles. The van der Waals surface area contributed by atoms with E-state index in [1.165, 1.54) is 0 Å². The number of anilines is 1. The smallest absolute Gasteiger partial charge is 0.257 e.